The predicted octanol–water partition coefficient (Wildman–Crippen LogP) is 4.37. The second kappa shape index (κ2) is 6.42. The summed E-state index contributed by atoms with van der Waals surface area (Å²) in [6, 6.07) is 3.59. The third-order valence-corrected chi connectivity index (χ3v) is 4.28. The number of benzene rings is 1. The van der Waals surface area contributed by atoms with Gasteiger partial charge in [-0.2, -0.15) is 0 Å². The molecule has 0 radical (unpaired) electrons. The number of rotatable bonds is 5. The fourth-order valence-electron chi connectivity index (χ4n) is 2.39. The summed E-state index contributed by atoms with van der Waals surface area (Å²) in [5.74, 6) is 1.44. The Hall–Kier alpha value is -1.03. The van der Waals surface area contributed by atoms with E-state index in [0.717, 1.165) is 12.8 Å². The fraction of sp³-hybridized carbons (Fsp3) is 0.533. The number of methoxy groups -OCH3 is 1. The minimum Gasteiger partial charge on any atom is -0.493 e. The second-order valence-electron chi connectivity index (χ2n) is 4.76. The van der Waals surface area contributed by atoms with E-state index in [0.29, 0.717) is 28.0 Å². The fourth-order valence-corrected chi connectivity index (χ4v) is 3.03. The van der Waals surface area contributed by atoms with Gasteiger partial charge < -0.3 is 9.47 Å². The third-order valence-electron chi connectivity index (χ3n) is 3.49. The number of carbonyl (C=O) groups is 1. The molecule has 19 heavy (non-hydrogen) atoms. The molecule has 0 heterocycles. The molecule has 0 unspecified atom stereocenters. The van der Waals surface area contributed by atoms with Crippen molar-refractivity contribution in [3.8, 4) is 11.5 Å². The maximum atomic E-state index is 11.9. The molecule has 0 atom stereocenters. The summed E-state index contributed by atoms with van der Waals surface area (Å²) in [6.45, 7) is 1.86. The first-order valence-corrected chi connectivity index (χ1v) is 7.53. The minimum absolute atomic E-state index is 0.103. The molecule has 3 nitrogen and oxygen atoms in total. The summed E-state index contributed by atoms with van der Waals surface area (Å²) in [5, 5.41) is 0. The normalized spacial score (nSPS) is 15.5. The van der Waals surface area contributed by atoms with Crippen LogP contribution < -0.4 is 9.47 Å². The second-order valence-corrected chi connectivity index (χ2v) is 5.55. The predicted molar refractivity (Wildman–Crippen MR) is 78.2 cm³/mol. The summed E-state index contributed by atoms with van der Waals surface area (Å²) in [6.07, 6.45) is 5.27. The Morgan fingerprint density at radius 3 is 2.63 bits per heavy atom. The Labute approximate surface area is 122 Å². The summed E-state index contributed by atoms with van der Waals surface area (Å²) in [7, 11) is 1.62. The number of hydrogen-bond donors (Lipinski definition) is 0. The van der Waals surface area contributed by atoms with E-state index < -0.39 is 0 Å². The Morgan fingerprint density at radius 1 is 1.37 bits per heavy atom. The van der Waals surface area contributed by atoms with Crippen LogP contribution in [0.2, 0.25) is 0 Å². The van der Waals surface area contributed by atoms with Gasteiger partial charge in [-0.15, -0.1) is 0 Å². The molecule has 1 aromatic rings. The molecule has 4 heteroatoms. The summed E-state index contributed by atoms with van der Waals surface area (Å²) in [4.78, 5) is 11.9. The lowest BCUT2D eigenvalue weighted by molar-refractivity contribution is 0.0986. The summed E-state index contributed by atoms with van der Waals surface area (Å²) < 4.78 is 12.1. The lowest BCUT2D eigenvalue weighted by atomic mass is 10.1. The molecule has 0 spiro atoms. The molecule has 1 fully saturated rings. The van der Waals surface area contributed by atoms with E-state index in [1.54, 1.807) is 19.2 Å². The van der Waals surface area contributed by atoms with Crippen LogP contribution >= 0.6 is 15.9 Å². The number of ether oxygens (including phenoxy) is 2. The molecule has 0 aliphatic heterocycles. The van der Waals surface area contributed by atoms with E-state index in [1.807, 2.05) is 6.92 Å². The summed E-state index contributed by atoms with van der Waals surface area (Å²) >= 11 is 3.50. The minimum atomic E-state index is 0.103. The Kier molecular flexibility index (Phi) is 4.86. The highest BCUT2D eigenvalue weighted by molar-refractivity contribution is 9.10. The first-order valence-electron chi connectivity index (χ1n) is 6.73. The lowest BCUT2D eigenvalue weighted by Gasteiger charge is -2.18. The smallest absolute Gasteiger partial charge is 0.176 e. The first kappa shape index (κ1) is 14.4. The van der Waals surface area contributed by atoms with Crippen molar-refractivity contribution in [3.63, 3.8) is 0 Å². The maximum absolute atomic E-state index is 11.9. The summed E-state index contributed by atoms with van der Waals surface area (Å²) in [5.41, 5.74) is 0.663. The van der Waals surface area contributed by atoms with Crippen LogP contribution in [0.5, 0.6) is 11.5 Å². The highest BCUT2D eigenvalue weighted by Gasteiger charge is 2.22. The topological polar surface area (TPSA) is 35.5 Å². The van der Waals surface area contributed by atoms with Gasteiger partial charge in [0.2, 0.25) is 0 Å². The quantitative estimate of drug-likeness (QED) is 0.753. The van der Waals surface area contributed by atoms with Gasteiger partial charge in [-0.05, 0) is 53.7 Å². The molecule has 0 amide bonds. The number of carbonyl (C=O) groups excluding carboxylic acids is 1. The van der Waals surface area contributed by atoms with Crippen molar-refractivity contribution in [2.24, 2.45) is 0 Å². The maximum Gasteiger partial charge on any atom is 0.176 e. The molecule has 1 aromatic carbocycles. The van der Waals surface area contributed by atoms with Crippen LogP contribution in [-0.2, 0) is 0 Å². The molecule has 104 valence electrons. The van der Waals surface area contributed by atoms with Gasteiger partial charge in [-0.3, -0.25) is 4.79 Å². The van der Waals surface area contributed by atoms with Gasteiger partial charge in [0.1, 0.15) is 0 Å². The number of hydrogen-bond acceptors (Lipinski definition) is 3. The molecule has 1 aliphatic rings. The van der Waals surface area contributed by atoms with Crippen molar-refractivity contribution in [1.82, 2.24) is 0 Å². The van der Waals surface area contributed by atoms with Crippen LogP contribution in [0, 0.1) is 0 Å². The number of halogens is 1. The van der Waals surface area contributed by atoms with Gasteiger partial charge >= 0.3 is 0 Å². The zero-order valence-corrected chi connectivity index (χ0v) is 13.0. The molecular weight excluding hydrogens is 308 g/mol. The van der Waals surface area contributed by atoms with Crippen molar-refractivity contribution in [2.75, 3.05) is 7.11 Å². The average molecular weight is 327 g/mol. The Balaban J connectivity index is 2.34. The van der Waals surface area contributed by atoms with Crippen LogP contribution in [0.3, 0.4) is 0 Å². The lowest BCUT2D eigenvalue weighted by Crippen LogP contribution is -2.13. The van der Waals surface area contributed by atoms with E-state index >= 15 is 0 Å². The molecular formula is C15H19BrO3. The van der Waals surface area contributed by atoms with Crippen LogP contribution in [0.25, 0.3) is 0 Å². The van der Waals surface area contributed by atoms with E-state index in [9.17, 15) is 4.79 Å². The first-order chi connectivity index (χ1) is 9.17. The molecule has 2 rings (SSSR count). The van der Waals surface area contributed by atoms with Crippen LogP contribution in [-0.4, -0.2) is 19.0 Å². The van der Waals surface area contributed by atoms with E-state index in [-0.39, 0.29) is 11.9 Å². The van der Waals surface area contributed by atoms with Gasteiger partial charge in [0.15, 0.2) is 17.3 Å². The standard InChI is InChI=1S/C15H19BrO3/c1-3-12(17)11-8-9-13(18-2)15(14(11)16)19-10-6-4-5-7-10/h8-10H,3-7H2,1-2H3. The zero-order chi connectivity index (χ0) is 13.8. The van der Waals surface area contributed by atoms with Gasteiger partial charge in [-0.25, -0.2) is 0 Å². The molecule has 0 saturated heterocycles. The SMILES string of the molecule is CCC(=O)c1ccc(OC)c(OC2CCCC2)c1Br. The van der Waals surface area contributed by atoms with Crippen molar-refractivity contribution < 1.29 is 14.3 Å². The van der Waals surface area contributed by atoms with Crippen LogP contribution in [0.15, 0.2) is 16.6 Å². The van der Waals surface area contributed by atoms with Gasteiger partial charge in [0, 0.05) is 12.0 Å². The third kappa shape index (κ3) is 3.11. The largest absolute Gasteiger partial charge is 0.493 e. The molecule has 0 aromatic heterocycles. The van der Waals surface area contributed by atoms with Crippen molar-refractivity contribution in [2.45, 2.75) is 45.1 Å². The van der Waals surface area contributed by atoms with Gasteiger partial charge in [0.25, 0.3) is 0 Å². The highest BCUT2D eigenvalue weighted by atomic mass is 79.9. The van der Waals surface area contributed by atoms with Gasteiger partial charge in [0.05, 0.1) is 17.7 Å². The Bertz CT molecular complexity index is 465. The number of Topliss-reactive ketones (excluding diaryl/α,β-unsaturated/α-hetero) is 1. The van der Waals surface area contributed by atoms with E-state index in [4.69, 9.17) is 9.47 Å². The molecule has 1 aliphatic carbocycles. The van der Waals surface area contributed by atoms with Gasteiger partial charge in [-0.1, -0.05) is 6.92 Å². The molecule has 1 saturated carbocycles. The monoisotopic (exact) mass is 326 g/mol. The van der Waals surface area contributed by atoms with E-state index in [1.165, 1.54) is 12.8 Å². The van der Waals surface area contributed by atoms with Crippen LogP contribution in [0.1, 0.15) is 49.4 Å². The van der Waals surface area contributed by atoms with Crippen molar-refractivity contribution in [3.05, 3.63) is 22.2 Å². The van der Waals surface area contributed by atoms with E-state index in [2.05, 4.69) is 15.9 Å². The highest BCUT2D eigenvalue weighted by Crippen LogP contribution is 2.40. The van der Waals surface area contributed by atoms with Crippen molar-refractivity contribution in [1.29, 1.82) is 0 Å². The van der Waals surface area contributed by atoms with Crippen molar-refractivity contribution >= 4 is 21.7 Å². The number of ketones is 1. The average Bonchev–Trinajstić information content (AvgIpc) is 2.93. The Morgan fingerprint density at radius 2 is 2.05 bits per heavy atom. The van der Waals surface area contributed by atoms with Crippen LogP contribution in [0.4, 0.5) is 0 Å². The molecule has 0 N–H and O–H groups in total. The zero-order valence-electron chi connectivity index (χ0n) is 11.4. The molecule has 0 bridgehead atoms.